The summed E-state index contributed by atoms with van der Waals surface area (Å²) in [6.45, 7) is 2.08. The number of rotatable bonds is 5. The predicted molar refractivity (Wildman–Crippen MR) is 90.4 cm³/mol. The van der Waals surface area contributed by atoms with Gasteiger partial charge in [-0.3, -0.25) is 4.79 Å². The van der Waals surface area contributed by atoms with E-state index in [9.17, 15) is 9.18 Å². The van der Waals surface area contributed by atoms with E-state index in [1.165, 1.54) is 12.5 Å². The lowest BCUT2D eigenvalue weighted by Crippen LogP contribution is -2.36. The highest BCUT2D eigenvalue weighted by Gasteiger charge is 2.19. The Kier molecular flexibility index (Phi) is 5.36. The number of aromatic nitrogens is 2. The Morgan fingerprint density at radius 1 is 1.17 bits per heavy atom. The van der Waals surface area contributed by atoms with Gasteiger partial charge < -0.3 is 10.2 Å². The van der Waals surface area contributed by atoms with Crippen molar-refractivity contribution in [2.75, 3.05) is 25.0 Å². The fourth-order valence-electron chi connectivity index (χ4n) is 2.83. The number of anilines is 1. The maximum Gasteiger partial charge on any atom is 0.272 e. The van der Waals surface area contributed by atoms with Crippen molar-refractivity contribution >= 4 is 11.9 Å². The first-order chi connectivity index (χ1) is 11.7. The maximum atomic E-state index is 13.6. The summed E-state index contributed by atoms with van der Waals surface area (Å²) >= 11 is 0. The van der Waals surface area contributed by atoms with Crippen molar-refractivity contribution in [3.05, 3.63) is 53.6 Å². The zero-order valence-corrected chi connectivity index (χ0v) is 13.5. The van der Waals surface area contributed by atoms with Gasteiger partial charge in [0.25, 0.3) is 5.91 Å². The molecule has 126 valence electrons. The standard InChI is InChI=1S/C18H21FN4O/c19-15-7-3-2-6-14(15)8-10-20-18-21-11-9-16(22-18)17(24)23-12-4-1-5-13-23/h2-3,6-7,9,11H,1,4-5,8,10,12-13H2,(H,20,21,22). The van der Waals surface area contributed by atoms with Crippen LogP contribution in [-0.2, 0) is 6.42 Å². The first kappa shape index (κ1) is 16.4. The van der Waals surface area contributed by atoms with E-state index in [1.54, 1.807) is 24.4 Å². The number of piperidine rings is 1. The van der Waals surface area contributed by atoms with Gasteiger partial charge in [-0.25, -0.2) is 14.4 Å². The van der Waals surface area contributed by atoms with E-state index < -0.39 is 0 Å². The summed E-state index contributed by atoms with van der Waals surface area (Å²) in [7, 11) is 0. The topological polar surface area (TPSA) is 58.1 Å². The molecule has 0 aliphatic carbocycles. The van der Waals surface area contributed by atoms with Crippen LogP contribution in [0.4, 0.5) is 10.3 Å². The summed E-state index contributed by atoms with van der Waals surface area (Å²) in [6.07, 6.45) is 5.38. The summed E-state index contributed by atoms with van der Waals surface area (Å²) in [5, 5.41) is 3.06. The molecule has 1 aromatic carbocycles. The van der Waals surface area contributed by atoms with Crippen molar-refractivity contribution < 1.29 is 9.18 Å². The Morgan fingerprint density at radius 2 is 1.96 bits per heavy atom. The average molecular weight is 328 g/mol. The van der Waals surface area contributed by atoms with Crippen molar-refractivity contribution in [1.29, 1.82) is 0 Å². The second-order valence-corrected chi connectivity index (χ2v) is 5.89. The molecule has 0 unspecified atom stereocenters. The van der Waals surface area contributed by atoms with E-state index in [0.29, 0.717) is 30.2 Å². The van der Waals surface area contributed by atoms with Gasteiger partial charge in [0.1, 0.15) is 11.5 Å². The highest BCUT2D eigenvalue weighted by Crippen LogP contribution is 2.13. The van der Waals surface area contributed by atoms with Gasteiger partial charge in [-0.15, -0.1) is 0 Å². The normalized spacial score (nSPS) is 14.5. The minimum atomic E-state index is -0.214. The van der Waals surface area contributed by atoms with Crippen LogP contribution in [0.5, 0.6) is 0 Å². The number of likely N-dealkylation sites (tertiary alicyclic amines) is 1. The van der Waals surface area contributed by atoms with E-state index in [0.717, 1.165) is 25.9 Å². The van der Waals surface area contributed by atoms with Crippen LogP contribution in [0.25, 0.3) is 0 Å². The summed E-state index contributed by atoms with van der Waals surface area (Å²) in [5.74, 6) is 0.137. The van der Waals surface area contributed by atoms with Gasteiger partial charge in [0, 0.05) is 25.8 Å². The van der Waals surface area contributed by atoms with E-state index in [2.05, 4.69) is 15.3 Å². The summed E-state index contributed by atoms with van der Waals surface area (Å²) < 4.78 is 13.6. The summed E-state index contributed by atoms with van der Waals surface area (Å²) in [6, 6.07) is 8.33. The Balaban J connectivity index is 1.59. The van der Waals surface area contributed by atoms with Crippen molar-refractivity contribution in [1.82, 2.24) is 14.9 Å². The third-order valence-corrected chi connectivity index (χ3v) is 4.15. The van der Waals surface area contributed by atoms with E-state index >= 15 is 0 Å². The number of hydrogen-bond donors (Lipinski definition) is 1. The van der Waals surface area contributed by atoms with Crippen molar-refractivity contribution in [2.24, 2.45) is 0 Å². The molecule has 1 aliphatic rings. The Bertz CT molecular complexity index is 701. The number of nitrogens with one attached hydrogen (secondary N) is 1. The van der Waals surface area contributed by atoms with Crippen LogP contribution in [0.2, 0.25) is 0 Å². The molecule has 2 aromatic rings. The highest BCUT2D eigenvalue weighted by molar-refractivity contribution is 5.92. The van der Waals surface area contributed by atoms with Gasteiger partial charge in [0.15, 0.2) is 0 Å². The number of hydrogen-bond acceptors (Lipinski definition) is 4. The first-order valence-electron chi connectivity index (χ1n) is 8.33. The van der Waals surface area contributed by atoms with E-state index in [1.807, 2.05) is 11.0 Å². The molecule has 2 heterocycles. The molecule has 0 radical (unpaired) electrons. The predicted octanol–water partition coefficient (Wildman–Crippen LogP) is 2.90. The van der Waals surface area contributed by atoms with E-state index in [4.69, 9.17) is 0 Å². The average Bonchev–Trinajstić information content (AvgIpc) is 2.64. The quantitative estimate of drug-likeness (QED) is 0.917. The first-order valence-corrected chi connectivity index (χ1v) is 8.33. The molecule has 1 saturated heterocycles. The van der Waals surface area contributed by atoms with Crippen molar-refractivity contribution in [3.8, 4) is 0 Å². The second kappa shape index (κ2) is 7.86. The number of carbonyl (C=O) groups is 1. The van der Waals surface area contributed by atoms with Crippen LogP contribution in [0, 0.1) is 5.82 Å². The van der Waals surface area contributed by atoms with Crippen LogP contribution >= 0.6 is 0 Å². The number of nitrogens with zero attached hydrogens (tertiary/aromatic N) is 3. The van der Waals surface area contributed by atoms with Crippen LogP contribution < -0.4 is 5.32 Å². The number of halogens is 1. The lowest BCUT2D eigenvalue weighted by molar-refractivity contribution is 0.0718. The molecule has 1 amide bonds. The molecule has 0 bridgehead atoms. The van der Waals surface area contributed by atoms with Crippen LogP contribution in [-0.4, -0.2) is 40.4 Å². The smallest absolute Gasteiger partial charge is 0.272 e. The van der Waals surface area contributed by atoms with Crippen LogP contribution in [0.15, 0.2) is 36.5 Å². The molecular formula is C18H21FN4O. The Labute approximate surface area is 140 Å². The molecule has 1 aliphatic heterocycles. The van der Waals surface area contributed by atoms with E-state index in [-0.39, 0.29) is 11.7 Å². The van der Waals surface area contributed by atoms with Crippen LogP contribution in [0.1, 0.15) is 35.3 Å². The van der Waals surface area contributed by atoms with Crippen molar-refractivity contribution in [3.63, 3.8) is 0 Å². The van der Waals surface area contributed by atoms with Crippen molar-refractivity contribution in [2.45, 2.75) is 25.7 Å². The molecule has 1 aromatic heterocycles. The SMILES string of the molecule is O=C(c1ccnc(NCCc2ccccc2F)n1)N1CCCCC1. The molecule has 0 spiro atoms. The number of amides is 1. The maximum absolute atomic E-state index is 13.6. The molecule has 6 heteroatoms. The zero-order chi connectivity index (χ0) is 16.8. The van der Waals surface area contributed by atoms with Gasteiger partial charge in [-0.1, -0.05) is 18.2 Å². The highest BCUT2D eigenvalue weighted by atomic mass is 19.1. The minimum absolute atomic E-state index is 0.0470. The largest absolute Gasteiger partial charge is 0.354 e. The molecule has 0 atom stereocenters. The molecule has 0 saturated carbocycles. The number of carbonyl (C=O) groups excluding carboxylic acids is 1. The summed E-state index contributed by atoms with van der Waals surface area (Å²) in [5.41, 5.74) is 1.05. The monoisotopic (exact) mass is 328 g/mol. The van der Waals surface area contributed by atoms with Gasteiger partial charge in [0.2, 0.25) is 5.95 Å². The van der Waals surface area contributed by atoms with Gasteiger partial charge in [-0.05, 0) is 43.4 Å². The summed E-state index contributed by atoms with van der Waals surface area (Å²) in [4.78, 5) is 22.7. The molecular weight excluding hydrogens is 307 g/mol. The molecule has 3 rings (SSSR count). The molecule has 1 N–H and O–H groups in total. The Hall–Kier alpha value is -2.50. The molecule has 5 nitrogen and oxygen atoms in total. The third-order valence-electron chi connectivity index (χ3n) is 4.15. The third kappa shape index (κ3) is 4.07. The molecule has 1 fully saturated rings. The second-order valence-electron chi connectivity index (χ2n) is 5.89. The van der Waals surface area contributed by atoms with Crippen LogP contribution in [0.3, 0.4) is 0 Å². The van der Waals surface area contributed by atoms with Gasteiger partial charge in [0.05, 0.1) is 0 Å². The fraction of sp³-hybridized carbons (Fsp3) is 0.389. The minimum Gasteiger partial charge on any atom is -0.354 e. The number of benzene rings is 1. The van der Waals surface area contributed by atoms with Gasteiger partial charge >= 0.3 is 0 Å². The molecule has 24 heavy (non-hydrogen) atoms. The van der Waals surface area contributed by atoms with Gasteiger partial charge in [-0.2, -0.15) is 0 Å². The lowest BCUT2D eigenvalue weighted by Gasteiger charge is -2.26. The zero-order valence-electron chi connectivity index (χ0n) is 13.5. The lowest BCUT2D eigenvalue weighted by atomic mass is 10.1. The Morgan fingerprint density at radius 3 is 2.75 bits per heavy atom. The fourth-order valence-corrected chi connectivity index (χ4v) is 2.83.